The Kier molecular flexibility index (Phi) is 5.05. The second kappa shape index (κ2) is 6.45. The lowest BCUT2D eigenvalue weighted by Gasteiger charge is -2.09. The van der Waals surface area contributed by atoms with Crippen molar-refractivity contribution in [1.29, 1.82) is 0 Å². The number of benzene rings is 1. The van der Waals surface area contributed by atoms with Crippen LogP contribution in [-0.4, -0.2) is 23.7 Å². The Morgan fingerprint density at radius 3 is 2.57 bits per heavy atom. The van der Waals surface area contributed by atoms with Crippen molar-refractivity contribution in [3.05, 3.63) is 32.7 Å². The van der Waals surface area contributed by atoms with Crippen molar-refractivity contribution < 1.29 is 13.5 Å². The molecule has 0 bridgehead atoms. The Hall–Kier alpha value is -0.930. The Morgan fingerprint density at radius 1 is 1.29 bits per heavy atom. The van der Waals surface area contributed by atoms with Gasteiger partial charge in [0.2, 0.25) is 5.13 Å². The van der Waals surface area contributed by atoms with E-state index < -0.39 is 16.6 Å². The van der Waals surface area contributed by atoms with Gasteiger partial charge in [0.1, 0.15) is 9.90 Å². The number of hydrogen-bond donors (Lipinski definition) is 2. The van der Waals surface area contributed by atoms with Crippen molar-refractivity contribution in [3.63, 3.8) is 0 Å². The summed E-state index contributed by atoms with van der Waals surface area (Å²) in [6.45, 7) is 1.50. The minimum atomic E-state index is -3.93. The topological polar surface area (TPSA) is 92.2 Å². The summed E-state index contributed by atoms with van der Waals surface area (Å²) >= 11 is 12.9. The highest BCUT2D eigenvalue weighted by molar-refractivity contribution is 7.93. The highest BCUT2D eigenvalue weighted by Gasteiger charge is 2.21. The molecule has 0 unspecified atom stereocenters. The molecule has 0 atom stereocenters. The highest BCUT2D eigenvalue weighted by Crippen LogP contribution is 2.30. The number of nitrogens with zero attached hydrogens (tertiary/aromatic N) is 2. The van der Waals surface area contributed by atoms with Gasteiger partial charge in [0.05, 0.1) is 11.6 Å². The van der Waals surface area contributed by atoms with Gasteiger partial charge in [0.15, 0.2) is 0 Å². The zero-order valence-electron chi connectivity index (χ0n) is 10.8. The Morgan fingerprint density at radius 2 is 2.00 bits per heavy atom. The number of aliphatic hydroxyl groups excluding tert-OH is 1. The molecule has 6 nitrogen and oxygen atoms in total. The van der Waals surface area contributed by atoms with Crippen molar-refractivity contribution in [2.75, 3.05) is 4.72 Å². The number of aliphatic hydroxyl groups is 1. The molecule has 114 valence electrons. The number of anilines is 1. The van der Waals surface area contributed by atoms with Gasteiger partial charge in [-0.15, -0.1) is 10.2 Å². The SMILES string of the molecule is CCc1nnc(NS(=O)(=O)c2cc(CO)c(Cl)cc2Cl)s1. The third-order valence-electron chi connectivity index (χ3n) is 2.55. The molecule has 2 aromatic rings. The summed E-state index contributed by atoms with van der Waals surface area (Å²) in [6, 6.07) is 2.51. The van der Waals surface area contributed by atoms with Crippen LogP contribution in [0.4, 0.5) is 5.13 Å². The quantitative estimate of drug-likeness (QED) is 0.847. The van der Waals surface area contributed by atoms with Gasteiger partial charge in [-0.1, -0.05) is 41.5 Å². The van der Waals surface area contributed by atoms with Gasteiger partial charge in [-0.2, -0.15) is 0 Å². The van der Waals surface area contributed by atoms with Crippen LogP contribution in [0.1, 0.15) is 17.5 Å². The summed E-state index contributed by atoms with van der Waals surface area (Å²) < 4.78 is 26.9. The molecule has 0 fully saturated rings. The molecule has 0 spiro atoms. The lowest BCUT2D eigenvalue weighted by Crippen LogP contribution is -2.14. The molecule has 21 heavy (non-hydrogen) atoms. The van der Waals surface area contributed by atoms with Gasteiger partial charge in [-0.3, -0.25) is 4.72 Å². The third kappa shape index (κ3) is 3.64. The van der Waals surface area contributed by atoms with Crippen molar-refractivity contribution in [2.45, 2.75) is 24.8 Å². The summed E-state index contributed by atoms with van der Waals surface area (Å²) in [5, 5.41) is 17.8. The number of hydrogen-bond acceptors (Lipinski definition) is 6. The standard InChI is InChI=1S/C11H11Cl2N3O3S2/c1-2-10-14-15-11(20-10)16-21(18,19)9-3-6(5-17)7(12)4-8(9)13/h3-4,17H,2,5H2,1H3,(H,15,16). The van der Waals surface area contributed by atoms with Gasteiger partial charge in [-0.25, -0.2) is 8.42 Å². The molecule has 0 aliphatic carbocycles. The summed E-state index contributed by atoms with van der Waals surface area (Å²) in [5.41, 5.74) is 0.271. The maximum Gasteiger partial charge on any atom is 0.265 e. The molecule has 0 saturated heterocycles. The van der Waals surface area contributed by atoms with Crippen LogP contribution in [0.15, 0.2) is 17.0 Å². The minimum absolute atomic E-state index is 0.0371. The van der Waals surface area contributed by atoms with Crippen LogP contribution in [0.5, 0.6) is 0 Å². The average Bonchev–Trinajstić information content (AvgIpc) is 2.85. The summed E-state index contributed by atoms with van der Waals surface area (Å²) in [4.78, 5) is -0.175. The Balaban J connectivity index is 2.39. The number of nitrogens with one attached hydrogen (secondary N) is 1. The average molecular weight is 368 g/mol. The zero-order chi connectivity index (χ0) is 15.6. The molecular weight excluding hydrogens is 357 g/mol. The molecule has 0 aliphatic rings. The molecule has 0 saturated carbocycles. The van der Waals surface area contributed by atoms with Gasteiger partial charge in [-0.05, 0) is 24.1 Å². The fraction of sp³-hybridized carbons (Fsp3) is 0.273. The van der Waals surface area contributed by atoms with Crippen molar-refractivity contribution >= 4 is 49.7 Å². The van der Waals surface area contributed by atoms with E-state index >= 15 is 0 Å². The smallest absolute Gasteiger partial charge is 0.265 e. The van der Waals surface area contributed by atoms with E-state index in [-0.39, 0.29) is 25.6 Å². The minimum Gasteiger partial charge on any atom is -0.392 e. The highest BCUT2D eigenvalue weighted by atomic mass is 35.5. The van der Waals surface area contributed by atoms with Crippen LogP contribution >= 0.6 is 34.5 Å². The second-order valence-electron chi connectivity index (χ2n) is 3.99. The molecule has 2 rings (SSSR count). The maximum absolute atomic E-state index is 12.3. The van der Waals surface area contributed by atoms with Gasteiger partial charge in [0.25, 0.3) is 10.0 Å². The summed E-state index contributed by atoms with van der Waals surface area (Å²) in [6.07, 6.45) is 0.662. The number of aryl methyl sites for hydroxylation is 1. The maximum atomic E-state index is 12.3. The number of halogens is 2. The molecule has 10 heteroatoms. The van der Waals surface area contributed by atoms with Crippen LogP contribution in [-0.2, 0) is 23.1 Å². The van der Waals surface area contributed by atoms with Crippen LogP contribution in [0.2, 0.25) is 10.0 Å². The second-order valence-corrected chi connectivity index (χ2v) is 7.52. The lowest BCUT2D eigenvalue weighted by atomic mass is 10.2. The van der Waals surface area contributed by atoms with E-state index in [1.807, 2.05) is 6.92 Å². The van der Waals surface area contributed by atoms with Crippen LogP contribution in [0, 0.1) is 0 Å². The first-order chi connectivity index (χ1) is 9.87. The molecule has 1 aromatic carbocycles. The van der Waals surface area contributed by atoms with Gasteiger partial charge < -0.3 is 5.11 Å². The fourth-order valence-corrected chi connectivity index (χ4v) is 4.27. The molecular formula is C11H11Cl2N3O3S2. The Labute approximate surface area is 135 Å². The lowest BCUT2D eigenvalue weighted by molar-refractivity contribution is 0.281. The largest absolute Gasteiger partial charge is 0.392 e. The van der Waals surface area contributed by atoms with E-state index in [0.29, 0.717) is 11.4 Å². The third-order valence-corrected chi connectivity index (χ3v) is 5.82. The van der Waals surface area contributed by atoms with E-state index in [1.165, 1.54) is 12.1 Å². The number of aromatic nitrogens is 2. The predicted molar refractivity (Wildman–Crippen MR) is 82.5 cm³/mol. The van der Waals surface area contributed by atoms with E-state index in [1.54, 1.807) is 0 Å². The van der Waals surface area contributed by atoms with Crippen molar-refractivity contribution in [1.82, 2.24) is 10.2 Å². The molecule has 2 N–H and O–H groups in total. The first-order valence-electron chi connectivity index (χ1n) is 5.81. The van der Waals surface area contributed by atoms with E-state index in [4.69, 9.17) is 28.3 Å². The van der Waals surface area contributed by atoms with Crippen LogP contribution in [0.25, 0.3) is 0 Å². The summed E-state index contributed by atoms with van der Waals surface area (Å²) in [7, 11) is -3.93. The molecule has 1 aromatic heterocycles. The number of rotatable bonds is 5. The normalized spacial score (nSPS) is 11.6. The Bertz CT molecular complexity index is 762. The van der Waals surface area contributed by atoms with Crippen LogP contribution in [0.3, 0.4) is 0 Å². The first-order valence-corrected chi connectivity index (χ1v) is 8.87. The molecule has 0 amide bonds. The van der Waals surface area contributed by atoms with Crippen molar-refractivity contribution in [2.24, 2.45) is 0 Å². The number of sulfonamides is 1. The van der Waals surface area contributed by atoms with E-state index in [0.717, 1.165) is 11.3 Å². The molecule has 0 aliphatic heterocycles. The van der Waals surface area contributed by atoms with Gasteiger partial charge >= 0.3 is 0 Å². The predicted octanol–water partition coefficient (Wildman–Crippen LogP) is 2.70. The summed E-state index contributed by atoms with van der Waals surface area (Å²) in [5.74, 6) is 0. The van der Waals surface area contributed by atoms with E-state index in [2.05, 4.69) is 14.9 Å². The first kappa shape index (κ1) is 16.4. The zero-order valence-corrected chi connectivity index (χ0v) is 13.9. The van der Waals surface area contributed by atoms with Crippen molar-refractivity contribution in [3.8, 4) is 0 Å². The monoisotopic (exact) mass is 367 g/mol. The fourth-order valence-electron chi connectivity index (χ4n) is 1.51. The molecule has 0 radical (unpaired) electrons. The van der Waals surface area contributed by atoms with Crippen LogP contribution < -0.4 is 4.72 Å². The molecule has 1 heterocycles. The van der Waals surface area contributed by atoms with E-state index in [9.17, 15) is 8.42 Å². The van der Waals surface area contributed by atoms with Gasteiger partial charge in [0, 0.05) is 5.02 Å².